The van der Waals surface area contributed by atoms with Crippen LogP contribution >= 0.6 is 15.9 Å². The normalized spacial score (nSPS) is 20.8. The first kappa shape index (κ1) is 10.3. The molecule has 0 saturated carbocycles. The van der Waals surface area contributed by atoms with Crippen LogP contribution in [0.25, 0.3) is 11.0 Å². The minimum Gasteiger partial charge on any atom is -0.315 e. The third-order valence-corrected chi connectivity index (χ3v) is 3.83. The highest BCUT2D eigenvalue weighted by Gasteiger charge is 2.21. The number of aryl methyl sites for hydroxylation is 1. The Morgan fingerprint density at radius 1 is 1.50 bits per heavy atom. The molecule has 16 heavy (non-hydrogen) atoms. The summed E-state index contributed by atoms with van der Waals surface area (Å²) in [7, 11) is 0. The van der Waals surface area contributed by atoms with Gasteiger partial charge in [0.25, 0.3) is 0 Å². The second-order valence-corrected chi connectivity index (χ2v) is 5.05. The Hall–Kier alpha value is -0.870. The van der Waals surface area contributed by atoms with Gasteiger partial charge in [0.05, 0.1) is 11.0 Å². The second-order valence-electron chi connectivity index (χ2n) is 4.34. The van der Waals surface area contributed by atoms with Crippen LogP contribution in [0.15, 0.2) is 22.9 Å². The van der Waals surface area contributed by atoms with Crippen molar-refractivity contribution < 1.29 is 0 Å². The molecule has 0 amide bonds. The number of imidazole rings is 1. The lowest BCUT2D eigenvalue weighted by molar-refractivity contribution is 0.550. The van der Waals surface area contributed by atoms with Crippen molar-refractivity contribution >= 4 is 27.0 Å². The molecule has 2 heterocycles. The molecular weight excluding hydrogens is 266 g/mol. The first-order chi connectivity index (χ1) is 7.77. The van der Waals surface area contributed by atoms with Crippen molar-refractivity contribution in [1.29, 1.82) is 0 Å². The number of rotatable bonds is 1. The average Bonchev–Trinajstić information content (AvgIpc) is 2.84. The van der Waals surface area contributed by atoms with Gasteiger partial charge >= 0.3 is 0 Å². The maximum Gasteiger partial charge on any atom is 0.178 e. The van der Waals surface area contributed by atoms with Crippen molar-refractivity contribution in [3.05, 3.63) is 28.5 Å². The third kappa shape index (κ3) is 1.48. The number of hydrogen-bond acceptors (Lipinski definition) is 2. The largest absolute Gasteiger partial charge is 0.315 e. The van der Waals surface area contributed by atoms with Gasteiger partial charge in [-0.05, 0) is 47.4 Å². The summed E-state index contributed by atoms with van der Waals surface area (Å²) in [6.07, 6.45) is 1.18. The van der Waals surface area contributed by atoms with Gasteiger partial charge in [0.2, 0.25) is 0 Å². The molecule has 0 bridgehead atoms. The second kappa shape index (κ2) is 3.86. The van der Waals surface area contributed by atoms with Crippen LogP contribution in [0.5, 0.6) is 0 Å². The highest BCUT2D eigenvalue weighted by molar-refractivity contribution is 9.10. The van der Waals surface area contributed by atoms with Gasteiger partial charge in [-0.25, -0.2) is 4.98 Å². The molecule has 4 heteroatoms. The third-order valence-electron chi connectivity index (χ3n) is 3.27. The van der Waals surface area contributed by atoms with E-state index >= 15 is 0 Å². The molecule has 1 unspecified atom stereocenters. The zero-order valence-electron chi connectivity index (χ0n) is 9.20. The van der Waals surface area contributed by atoms with E-state index in [9.17, 15) is 0 Å². The molecule has 1 aromatic heterocycles. The van der Waals surface area contributed by atoms with E-state index in [-0.39, 0.29) is 0 Å². The number of fused-ring (bicyclic) bond motifs is 1. The molecule has 0 aliphatic carbocycles. The Kier molecular flexibility index (Phi) is 2.48. The van der Waals surface area contributed by atoms with Gasteiger partial charge < -0.3 is 9.88 Å². The van der Waals surface area contributed by atoms with Crippen LogP contribution in [0, 0.1) is 6.92 Å². The van der Waals surface area contributed by atoms with E-state index in [1.807, 2.05) is 0 Å². The minimum absolute atomic E-state index is 0.528. The summed E-state index contributed by atoms with van der Waals surface area (Å²) in [5.74, 6) is 0. The molecule has 0 radical (unpaired) electrons. The molecule has 0 spiro atoms. The molecule has 1 aliphatic heterocycles. The highest BCUT2D eigenvalue weighted by atomic mass is 79.9. The van der Waals surface area contributed by atoms with Crippen molar-refractivity contribution in [2.75, 3.05) is 13.1 Å². The maximum atomic E-state index is 4.57. The molecule has 84 valence electrons. The van der Waals surface area contributed by atoms with E-state index < -0.39 is 0 Å². The first-order valence-electron chi connectivity index (χ1n) is 5.61. The fourth-order valence-corrected chi connectivity index (χ4v) is 3.14. The van der Waals surface area contributed by atoms with Crippen molar-refractivity contribution in [3.63, 3.8) is 0 Å². The topological polar surface area (TPSA) is 29.9 Å². The number of para-hydroxylation sites is 1. The summed E-state index contributed by atoms with van der Waals surface area (Å²) in [6.45, 7) is 4.29. The number of aromatic nitrogens is 2. The van der Waals surface area contributed by atoms with Gasteiger partial charge in [0, 0.05) is 12.6 Å². The molecular formula is C12H14BrN3. The number of benzene rings is 1. The van der Waals surface area contributed by atoms with E-state index in [4.69, 9.17) is 0 Å². The van der Waals surface area contributed by atoms with Gasteiger partial charge in [0.1, 0.15) is 0 Å². The molecule has 3 nitrogen and oxygen atoms in total. The summed E-state index contributed by atoms with van der Waals surface area (Å²) < 4.78 is 3.27. The van der Waals surface area contributed by atoms with Crippen LogP contribution in [0.4, 0.5) is 0 Å². The predicted molar refractivity (Wildman–Crippen MR) is 68.7 cm³/mol. The van der Waals surface area contributed by atoms with Crippen LogP contribution < -0.4 is 5.32 Å². The Morgan fingerprint density at radius 3 is 3.12 bits per heavy atom. The Balaban J connectivity index is 2.25. The monoisotopic (exact) mass is 279 g/mol. The molecule has 1 N–H and O–H groups in total. The Bertz CT molecular complexity index is 526. The van der Waals surface area contributed by atoms with Gasteiger partial charge in [-0.15, -0.1) is 0 Å². The standard InChI is InChI=1S/C12H14BrN3/c1-8-3-2-4-10-11(8)16(12(13)15-10)9-5-6-14-7-9/h2-4,9,14H,5-7H2,1H3. The van der Waals surface area contributed by atoms with Crippen molar-refractivity contribution in [2.24, 2.45) is 0 Å². The SMILES string of the molecule is Cc1cccc2nc(Br)n(C3CCNC3)c12. The maximum absolute atomic E-state index is 4.57. The zero-order valence-corrected chi connectivity index (χ0v) is 10.8. The van der Waals surface area contributed by atoms with E-state index in [2.05, 4.69) is 55.9 Å². The first-order valence-corrected chi connectivity index (χ1v) is 6.40. The fourth-order valence-electron chi connectivity index (χ4n) is 2.49. The summed E-state index contributed by atoms with van der Waals surface area (Å²) in [4.78, 5) is 4.57. The van der Waals surface area contributed by atoms with Gasteiger partial charge in [-0.2, -0.15) is 0 Å². The molecule has 1 atom stereocenters. The summed E-state index contributed by atoms with van der Waals surface area (Å²) in [5.41, 5.74) is 3.64. The summed E-state index contributed by atoms with van der Waals surface area (Å²) in [5, 5.41) is 3.40. The van der Waals surface area contributed by atoms with Crippen molar-refractivity contribution in [1.82, 2.24) is 14.9 Å². The number of nitrogens with zero attached hydrogens (tertiary/aromatic N) is 2. The number of nitrogens with one attached hydrogen (secondary N) is 1. The molecule has 1 fully saturated rings. The Labute approximate surface area is 103 Å². The van der Waals surface area contributed by atoms with E-state index in [0.717, 1.165) is 23.3 Å². The molecule has 1 aliphatic rings. The zero-order chi connectivity index (χ0) is 11.1. The quantitative estimate of drug-likeness (QED) is 0.870. The smallest absolute Gasteiger partial charge is 0.178 e. The molecule has 1 saturated heterocycles. The Morgan fingerprint density at radius 2 is 2.38 bits per heavy atom. The molecule has 2 aromatic rings. The van der Waals surface area contributed by atoms with E-state index in [1.54, 1.807) is 0 Å². The van der Waals surface area contributed by atoms with Crippen LogP contribution in [0.3, 0.4) is 0 Å². The highest BCUT2D eigenvalue weighted by Crippen LogP contribution is 2.29. The van der Waals surface area contributed by atoms with Crippen molar-refractivity contribution in [3.8, 4) is 0 Å². The van der Waals surface area contributed by atoms with Crippen LogP contribution in [-0.2, 0) is 0 Å². The van der Waals surface area contributed by atoms with E-state index in [1.165, 1.54) is 17.5 Å². The fraction of sp³-hybridized carbons (Fsp3) is 0.417. The summed E-state index contributed by atoms with van der Waals surface area (Å²) >= 11 is 3.58. The number of halogens is 1. The van der Waals surface area contributed by atoms with Crippen LogP contribution in [0.2, 0.25) is 0 Å². The van der Waals surface area contributed by atoms with E-state index in [0.29, 0.717) is 6.04 Å². The van der Waals surface area contributed by atoms with Crippen LogP contribution in [0.1, 0.15) is 18.0 Å². The molecule has 3 rings (SSSR count). The van der Waals surface area contributed by atoms with Gasteiger partial charge in [-0.3, -0.25) is 0 Å². The van der Waals surface area contributed by atoms with Gasteiger partial charge in [0.15, 0.2) is 4.73 Å². The number of hydrogen-bond donors (Lipinski definition) is 1. The average molecular weight is 280 g/mol. The lowest BCUT2D eigenvalue weighted by atomic mass is 10.2. The van der Waals surface area contributed by atoms with Crippen LogP contribution in [-0.4, -0.2) is 22.6 Å². The summed E-state index contributed by atoms with van der Waals surface area (Å²) in [6, 6.07) is 6.82. The minimum atomic E-state index is 0.528. The van der Waals surface area contributed by atoms with Gasteiger partial charge in [-0.1, -0.05) is 12.1 Å². The molecule has 1 aromatic carbocycles. The lowest BCUT2D eigenvalue weighted by Gasteiger charge is -2.14. The lowest BCUT2D eigenvalue weighted by Crippen LogP contribution is -2.13. The van der Waals surface area contributed by atoms with Crippen molar-refractivity contribution in [2.45, 2.75) is 19.4 Å². The predicted octanol–water partition coefficient (Wildman–Crippen LogP) is 2.64.